The summed E-state index contributed by atoms with van der Waals surface area (Å²) >= 11 is 0. The van der Waals surface area contributed by atoms with Crippen LogP contribution in [0.15, 0.2) is 18.2 Å². The molecule has 0 saturated heterocycles. The predicted octanol–water partition coefficient (Wildman–Crippen LogP) is 3.36. The highest BCUT2D eigenvalue weighted by Crippen LogP contribution is 2.49. The lowest BCUT2D eigenvalue weighted by molar-refractivity contribution is 0.300. The third-order valence-corrected chi connectivity index (χ3v) is 5.30. The second kappa shape index (κ2) is 3.99. The summed E-state index contributed by atoms with van der Waals surface area (Å²) < 4.78 is 2.26. The predicted molar refractivity (Wildman–Crippen MR) is 77.8 cm³/mol. The summed E-state index contributed by atoms with van der Waals surface area (Å²) in [7, 11) is 0. The van der Waals surface area contributed by atoms with Gasteiger partial charge in [-0.3, -0.25) is 0 Å². The van der Waals surface area contributed by atoms with Crippen molar-refractivity contribution in [3.8, 4) is 0 Å². The number of rotatable bonds is 2. The number of imidazole rings is 1. The van der Waals surface area contributed by atoms with Crippen LogP contribution in [0.2, 0.25) is 0 Å². The maximum absolute atomic E-state index is 6.15. The van der Waals surface area contributed by atoms with Gasteiger partial charge in [0, 0.05) is 6.54 Å². The Balaban J connectivity index is 1.73. The number of aryl methyl sites for hydroxylation is 1. The Labute approximate surface area is 113 Å². The maximum atomic E-state index is 6.15. The van der Waals surface area contributed by atoms with E-state index in [0.29, 0.717) is 5.95 Å². The number of nitrogen functional groups attached to an aromatic ring is 1. The fourth-order valence-electron chi connectivity index (χ4n) is 4.40. The largest absolute Gasteiger partial charge is 0.369 e. The smallest absolute Gasteiger partial charge is 0.201 e. The number of benzene rings is 1. The van der Waals surface area contributed by atoms with Crippen molar-refractivity contribution in [2.24, 2.45) is 17.8 Å². The van der Waals surface area contributed by atoms with E-state index in [1.165, 1.54) is 36.8 Å². The Morgan fingerprint density at radius 2 is 2.21 bits per heavy atom. The van der Waals surface area contributed by atoms with Crippen LogP contribution in [0.25, 0.3) is 11.0 Å². The molecule has 100 valence electrons. The first-order valence-corrected chi connectivity index (χ1v) is 7.43. The topological polar surface area (TPSA) is 43.8 Å². The zero-order valence-corrected chi connectivity index (χ0v) is 11.5. The van der Waals surface area contributed by atoms with Crippen molar-refractivity contribution in [1.29, 1.82) is 0 Å². The molecule has 0 radical (unpaired) electrons. The molecule has 2 aliphatic carbocycles. The highest BCUT2D eigenvalue weighted by atomic mass is 15.2. The molecule has 3 unspecified atom stereocenters. The molecule has 0 aliphatic heterocycles. The van der Waals surface area contributed by atoms with Crippen molar-refractivity contribution in [2.45, 2.75) is 39.2 Å². The van der Waals surface area contributed by atoms with Crippen LogP contribution in [0.4, 0.5) is 5.95 Å². The standard InChI is InChI=1S/C16H21N3/c1-10-3-2-4-14-15(10)19(16(17)18-14)9-13-8-11-5-6-12(13)7-11/h2-4,11-13H,5-9H2,1H3,(H2,17,18). The molecule has 2 fully saturated rings. The first-order valence-electron chi connectivity index (χ1n) is 7.43. The van der Waals surface area contributed by atoms with Gasteiger partial charge in [0.05, 0.1) is 11.0 Å². The summed E-state index contributed by atoms with van der Waals surface area (Å²) in [4.78, 5) is 4.52. The van der Waals surface area contributed by atoms with Gasteiger partial charge in [-0.1, -0.05) is 18.6 Å². The summed E-state index contributed by atoms with van der Waals surface area (Å²) in [5.74, 6) is 3.43. The number of para-hydroxylation sites is 1. The summed E-state index contributed by atoms with van der Waals surface area (Å²) in [6, 6.07) is 6.28. The average Bonchev–Trinajstić information content (AvgIpc) is 3.05. The second-order valence-corrected chi connectivity index (χ2v) is 6.46. The summed E-state index contributed by atoms with van der Waals surface area (Å²) in [6.07, 6.45) is 5.74. The van der Waals surface area contributed by atoms with Crippen molar-refractivity contribution < 1.29 is 0 Å². The van der Waals surface area contributed by atoms with E-state index >= 15 is 0 Å². The van der Waals surface area contributed by atoms with Gasteiger partial charge in [-0.05, 0) is 55.6 Å². The molecule has 3 heteroatoms. The zero-order valence-electron chi connectivity index (χ0n) is 11.5. The Kier molecular flexibility index (Phi) is 2.38. The van der Waals surface area contributed by atoms with Crippen LogP contribution in [0.3, 0.4) is 0 Å². The number of nitrogens with zero attached hydrogens (tertiary/aromatic N) is 2. The highest BCUT2D eigenvalue weighted by molar-refractivity contribution is 5.81. The van der Waals surface area contributed by atoms with Crippen molar-refractivity contribution in [2.75, 3.05) is 5.73 Å². The van der Waals surface area contributed by atoms with E-state index in [1.54, 1.807) is 0 Å². The van der Waals surface area contributed by atoms with Crippen molar-refractivity contribution >= 4 is 17.0 Å². The van der Waals surface area contributed by atoms with Gasteiger partial charge in [-0.25, -0.2) is 4.98 Å². The van der Waals surface area contributed by atoms with E-state index < -0.39 is 0 Å². The van der Waals surface area contributed by atoms with Gasteiger partial charge in [0.1, 0.15) is 0 Å². The molecule has 2 bridgehead atoms. The molecule has 0 spiro atoms. The minimum absolute atomic E-state index is 0.687. The molecule has 4 rings (SSSR count). The fraction of sp³-hybridized carbons (Fsp3) is 0.562. The van der Waals surface area contributed by atoms with E-state index in [4.69, 9.17) is 5.73 Å². The van der Waals surface area contributed by atoms with E-state index in [-0.39, 0.29) is 0 Å². The highest BCUT2D eigenvalue weighted by Gasteiger charge is 2.39. The normalized spacial score (nSPS) is 29.4. The number of hydrogen-bond donors (Lipinski definition) is 1. The summed E-state index contributed by atoms with van der Waals surface area (Å²) in [5, 5.41) is 0. The summed E-state index contributed by atoms with van der Waals surface area (Å²) in [6.45, 7) is 3.22. The number of fused-ring (bicyclic) bond motifs is 3. The lowest BCUT2D eigenvalue weighted by Crippen LogP contribution is -2.18. The Morgan fingerprint density at radius 1 is 1.32 bits per heavy atom. The molecule has 3 atom stereocenters. The van der Waals surface area contributed by atoms with Crippen LogP contribution in [0.1, 0.15) is 31.2 Å². The molecule has 1 heterocycles. The Bertz CT molecular complexity index is 628. The average molecular weight is 255 g/mol. The number of anilines is 1. The SMILES string of the molecule is Cc1cccc2nc(N)n(CC3CC4CCC3C4)c12. The molecular weight excluding hydrogens is 234 g/mol. The Hall–Kier alpha value is -1.51. The van der Waals surface area contributed by atoms with Crippen LogP contribution in [-0.2, 0) is 6.54 Å². The van der Waals surface area contributed by atoms with Gasteiger partial charge >= 0.3 is 0 Å². The third-order valence-electron chi connectivity index (χ3n) is 5.30. The molecule has 1 aromatic carbocycles. The first-order chi connectivity index (χ1) is 9.22. The molecule has 2 aromatic rings. The van der Waals surface area contributed by atoms with Crippen LogP contribution in [-0.4, -0.2) is 9.55 Å². The van der Waals surface area contributed by atoms with Gasteiger partial charge in [-0.15, -0.1) is 0 Å². The monoisotopic (exact) mass is 255 g/mol. The van der Waals surface area contributed by atoms with E-state index in [0.717, 1.165) is 29.8 Å². The lowest BCUT2D eigenvalue weighted by atomic mass is 9.89. The number of aromatic nitrogens is 2. The third kappa shape index (κ3) is 1.67. The van der Waals surface area contributed by atoms with Crippen LogP contribution < -0.4 is 5.73 Å². The molecular formula is C16H21N3. The molecule has 3 nitrogen and oxygen atoms in total. The molecule has 19 heavy (non-hydrogen) atoms. The first kappa shape index (κ1) is 11.3. The van der Waals surface area contributed by atoms with Crippen LogP contribution >= 0.6 is 0 Å². The number of hydrogen-bond acceptors (Lipinski definition) is 2. The zero-order chi connectivity index (χ0) is 13.0. The molecule has 1 aromatic heterocycles. The van der Waals surface area contributed by atoms with Gasteiger partial charge < -0.3 is 10.3 Å². The minimum atomic E-state index is 0.687. The number of nitrogens with two attached hydrogens (primary N) is 1. The van der Waals surface area contributed by atoms with Crippen molar-refractivity contribution in [3.63, 3.8) is 0 Å². The van der Waals surface area contributed by atoms with Gasteiger partial charge in [0.2, 0.25) is 5.95 Å². The van der Waals surface area contributed by atoms with Gasteiger partial charge in [-0.2, -0.15) is 0 Å². The van der Waals surface area contributed by atoms with E-state index in [2.05, 4.69) is 34.7 Å². The molecule has 2 saturated carbocycles. The molecule has 0 amide bonds. The van der Waals surface area contributed by atoms with Gasteiger partial charge in [0.15, 0.2) is 0 Å². The fourth-order valence-corrected chi connectivity index (χ4v) is 4.40. The summed E-state index contributed by atoms with van der Waals surface area (Å²) in [5.41, 5.74) is 9.71. The Morgan fingerprint density at radius 3 is 2.95 bits per heavy atom. The molecule has 2 aliphatic rings. The second-order valence-electron chi connectivity index (χ2n) is 6.46. The van der Waals surface area contributed by atoms with E-state index in [9.17, 15) is 0 Å². The van der Waals surface area contributed by atoms with Crippen molar-refractivity contribution in [1.82, 2.24) is 9.55 Å². The van der Waals surface area contributed by atoms with E-state index in [1.807, 2.05) is 0 Å². The quantitative estimate of drug-likeness (QED) is 0.894. The molecule has 2 N–H and O–H groups in total. The minimum Gasteiger partial charge on any atom is -0.369 e. The maximum Gasteiger partial charge on any atom is 0.201 e. The van der Waals surface area contributed by atoms with Crippen LogP contribution in [0.5, 0.6) is 0 Å². The lowest BCUT2D eigenvalue weighted by Gasteiger charge is -2.23. The van der Waals surface area contributed by atoms with Gasteiger partial charge in [0.25, 0.3) is 0 Å². The van der Waals surface area contributed by atoms with Crippen LogP contribution in [0, 0.1) is 24.7 Å². The van der Waals surface area contributed by atoms with Crippen molar-refractivity contribution in [3.05, 3.63) is 23.8 Å².